The van der Waals surface area contributed by atoms with Gasteiger partial charge in [0.2, 0.25) is 0 Å². The maximum absolute atomic E-state index is 12.4. The number of halogens is 3. The summed E-state index contributed by atoms with van der Waals surface area (Å²) >= 11 is 0. The Morgan fingerprint density at radius 3 is 2.40 bits per heavy atom. The van der Waals surface area contributed by atoms with Gasteiger partial charge in [0.05, 0.1) is 5.56 Å². The Hall–Kier alpha value is -1.03. The number of alkyl halides is 3. The summed E-state index contributed by atoms with van der Waals surface area (Å²) in [6.07, 6.45) is -2.36. The lowest BCUT2D eigenvalue weighted by Gasteiger charge is -2.11. The fourth-order valence-electron chi connectivity index (χ4n) is 1.63. The molecule has 1 radical (unpaired) electrons. The fraction of sp³-hybridized carbons (Fsp3) is 0.364. The predicted molar refractivity (Wildman–Crippen MR) is 48.8 cm³/mol. The van der Waals surface area contributed by atoms with Crippen molar-refractivity contribution in [2.45, 2.75) is 24.9 Å². The molecule has 1 N–H and O–H groups in total. The first kappa shape index (κ1) is 10.5. The minimum atomic E-state index is -4.35. The smallest absolute Gasteiger partial charge is 0.385 e. The highest BCUT2D eigenvalue weighted by molar-refractivity contribution is 5.40. The molecule has 1 fully saturated rings. The van der Waals surface area contributed by atoms with Crippen molar-refractivity contribution in [2.75, 3.05) is 0 Å². The standard InChI is InChI=1S/C11H10F3O/c12-11(13,14)9-3-4-10(7-1-2-7)8(5-9)6-15/h3-7,15H,1-2H2. The molecule has 0 aliphatic heterocycles. The second kappa shape index (κ2) is 3.52. The van der Waals surface area contributed by atoms with Crippen molar-refractivity contribution in [2.24, 2.45) is 0 Å². The summed E-state index contributed by atoms with van der Waals surface area (Å²) < 4.78 is 37.1. The van der Waals surface area contributed by atoms with Gasteiger partial charge in [0.25, 0.3) is 0 Å². The number of aliphatic hydroxyl groups excluding tert-OH is 1. The van der Waals surface area contributed by atoms with Crippen LogP contribution in [0.4, 0.5) is 13.2 Å². The van der Waals surface area contributed by atoms with Gasteiger partial charge in [-0.1, -0.05) is 6.07 Å². The molecule has 1 aromatic rings. The SMILES string of the molecule is O[CH]c1cc(C(F)(F)F)ccc1C1CC1. The first-order valence-corrected chi connectivity index (χ1v) is 4.71. The van der Waals surface area contributed by atoms with E-state index < -0.39 is 11.7 Å². The van der Waals surface area contributed by atoms with Crippen LogP contribution < -0.4 is 0 Å². The maximum atomic E-state index is 12.4. The summed E-state index contributed by atoms with van der Waals surface area (Å²) in [5.41, 5.74) is 0.380. The lowest BCUT2D eigenvalue weighted by atomic mass is 10.0. The molecule has 0 amide bonds. The van der Waals surface area contributed by atoms with E-state index in [2.05, 4.69) is 0 Å². The maximum Gasteiger partial charge on any atom is 0.416 e. The van der Waals surface area contributed by atoms with Gasteiger partial charge in [-0.2, -0.15) is 13.2 Å². The highest BCUT2D eigenvalue weighted by Gasteiger charge is 2.32. The molecule has 1 aliphatic rings. The van der Waals surface area contributed by atoms with Crippen LogP contribution in [0.5, 0.6) is 0 Å². The second-order valence-corrected chi connectivity index (χ2v) is 3.74. The van der Waals surface area contributed by atoms with Gasteiger partial charge in [-0.25, -0.2) is 0 Å². The molecule has 0 spiro atoms. The molecule has 1 nitrogen and oxygen atoms in total. The third kappa shape index (κ3) is 2.15. The minimum Gasteiger partial charge on any atom is -0.385 e. The largest absolute Gasteiger partial charge is 0.416 e. The molecule has 1 saturated carbocycles. The van der Waals surface area contributed by atoms with Crippen LogP contribution >= 0.6 is 0 Å². The molecule has 0 unspecified atom stereocenters. The summed E-state index contributed by atoms with van der Waals surface area (Å²) in [5.74, 6) is 0.325. The van der Waals surface area contributed by atoms with Gasteiger partial charge >= 0.3 is 6.18 Å². The molecule has 15 heavy (non-hydrogen) atoms. The predicted octanol–water partition coefficient (Wildman–Crippen LogP) is 3.47. The van der Waals surface area contributed by atoms with Crippen LogP contribution in [0.15, 0.2) is 18.2 Å². The third-order valence-electron chi connectivity index (χ3n) is 2.57. The third-order valence-corrected chi connectivity index (χ3v) is 2.57. The summed E-state index contributed by atoms with van der Waals surface area (Å²) in [6, 6.07) is 3.52. The van der Waals surface area contributed by atoms with Gasteiger partial charge in [-0.05, 0) is 42.0 Å². The molecule has 1 aliphatic carbocycles. The number of benzene rings is 1. The first-order chi connectivity index (χ1) is 7.02. The van der Waals surface area contributed by atoms with Gasteiger partial charge in [-0.15, -0.1) is 0 Å². The zero-order chi connectivity index (χ0) is 11.1. The van der Waals surface area contributed by atoms with Gasteiger partial charge in [0.15, 0.2) is 0 Å². The summed E-state index contributed by atoms with van der Waals surface area (Å²) in [4.78, 5) is 0. The topological polar surface area (TPSA) is 20.2 Å². The Kier molecular flexibility index (Phi) is 2.46. The van der Waals surface area contributed by atoms with Crippen molar-refractivity contribution in [3.05, 3.63) is 41.5 Å². The van der Waals surface area contributed by atoms with Crippen molar-refractivity contribution in [1.29, 1.82) is 0 Å². The Labute approximate surface area is 85.5 Å². The van der Waals surface area contributed by atoms with Crippen LogP contribution in [0.3, 0.4) is 0 Å². The molecule has 4 heteroatoms. The second-order valence-electron chi connectivity index (χ2n) is 3.74. The van der Waals surface area contributed by atoms with Crippen LogP contribution in [0, 0.1) is 6.61 Å². The zero-order valence-corrected chi connectivity index (χ0v) is 7.88. The molecule has 0 atom stereocenters. The van der Waals surface area contributed by atoms with Crippen LogP contribution in [0.25, 0.3) is 0 Å². The van der Waals surface area contributed by atoms with Crippen LogP contribution in [-0.2, 0) is 6.18 Å². The number of hydrogen-bond donors (Lipinski definition) is 1. The fourth-order valence-corrected chi connectivity index (χ4v) is 1.63. The molecule has 0 bridgehead atoms. The Morgan fingerprint density at radius 1 is 1.27 bits per heavy atom. The van der Waals surface area contributed by atoms with E-state index in [9.17, 15) is 13.2 Å². The Morgan fingerprint density at radius 2 is 1.93 bits per heavy atom. The van der Waals surface area contributed by atoms with Gasteiger partial charge < -0.3 is 5.11 Å². The van der Waals surface area contributed by atoms with Crippen molar-refractivity contribution in [3.8, 4) is 0 Å². The zero-order valence-electron chi connectivity index (χ0n) is 7.88. The molecule has 0 saturated heterocycles. The highest BCUT2D eigenvalue weighted by Crippen LogP contribution is 2.43. The lowest BCUT2D eigenvalue weighted by molar-refractivity contribution is -0.137. The van der Waals surface area contributed by atoms with E-state index in [-0.39, 0.29) is 5.56 Å². The van der Waals surface area contributed by atoms with Crippen molar-refractivity contribution in [1.82, 2.24) is 0 Å². The van der Waals surface area contributed by atoms with E-state index in [4.69, 9.17) is 5.11 Å². The van der Waals surface area contributed by atoms with E-state index in [1.54, 1.807) is 0 Å². The number of rotatable bonds is 2. The minimum absolute atomic E-state index is 0.285. The van der Waals surface area contributed by atoms with Gasteiger partial charge in [0, 0.05) is 0 Å². The normalized spacial score (nSPS) is 16.8. The summed E-state index contributed by atoms with van der Waals surface area (Å²) in [7, 11) is 0. The molecule has 81 valence electrons. The average Bonchev–Trinajstić information content (AvgIpc) is 2.98. The monoisotopic (exact) mass is 215 g/mol. The summed E-state index contributed by atoms with van der Waals surface area (Å²) in [6.45, 7) is 0.753. The van der Waals surface area contributed by atoms with Crippen LogP contribution in [-0.4, -0.2) is 5.11 Å². The number of hydrogen-bond acceptors (Lipinski definition) is 1. The molecular formula is C11H10F3O. The molecule has 0 aromatic heterocycles. The van der Waals surface area contributed by atoms with Crippen LogP contribution in [0.2, 0.25) is 0 Å². The lowest BCUT2D eigenvalue weighted by Crippen LogP contribution is -2.06. The highest BCUT2D eigenvalue weighted by atomic mass is 19.4. The van der Waals surface area contributed by atoms with Crippen molar-refractivity contribution >= 4 is 0 Å². The first-order valence-electron chi connectivity index (χ1n) is 4.71. The van der Waals surface area contributed by atoms with Crippen molar-refractivity contribution < 1.29 is 18.3 Å². The van der Waals surface area contributed by atoms with Crippen molar-refractivity contribution in [3.63, 3.8) is 0 Å². The Balaban J connectivity index is 2.38. The van der Waals surface area contributed by atoms with Gasteiger partial charge in [-0.3, -0.25) is 0 Å². The van der Waals surface area contributed by atoms with E-state index in [0.717, 1.165) is 37.1 Å². The van der Waals surface area contributed by atoms with E-state index in [0.29, 0.717) is 5.92 Å². The molecule has 1 aromatic carbocycles. The molecular weight excluding hydrogens is 205 g/mol. The molecule has 2 rings (SSSR count). The quantitative estimate of drug-likeness (QED) is 0.800. The van der Waals surface area contributed by atoms with Crippen LogP contribution in [0.1, 0.15) is 35.4 Å². The Bertz CT molecular complexity index is 367. The summed E-state index contributed by atoms with van der Waals surface area (Å²) in [5, 5.41) is 8.89. The van der Waals surface area contributed by atoms with E-state index in [1.807, 2.05) is 0 Å². The van der Waals surface area contributed by atoms with Gasteiger partial charge in [0.1, 0.15) is 6.61 Å². The van der Waals surface area contributed by atoms with E-state index in [1.165, 1.54) is 6.07 Å². The average molecular weight is 215 g/mol. The molecule has 0 heterocycles. The van der Waals surface area contributed by atoms with E-state index >= 15 is 0 Å². The number of aliphatic hydroxyl groups is 1.